The average molecular weight is 251 g/mol. The van der Waals surface area contributed by atoms with E-state index in [0.29, 0.717) is 0 Å². The number of hydrogen-bond donors (Lipinski definition) is 2. The Labute approximate surface area is 95.0 Å². The number of rotatable bonds is 4. The molecule has 0 bridgehead atoms. The molecule has 88 valence electrons. The van der Waals surface area contributed by atoms with Crippen molar-refractivity contribution in [2.75, 3.05) is 0 Å². The van der Waals surface area contributed by atoms with Gasteiger partial charge < -0.3 is 10.8 Å². The first-order chi connectivity index (χ1) is 7.47. The zero-order valence-corrected chi connectivity index (χ0v) is 8.84. The molecule has 0 aliphatic rings. The molecular formula is C9H9ClF2N2O2. The number of hydrogen-bond acceptors (Lipinski definition) is 3. The number of aliphatic carboxylic acids is 1. The molecule has 0 radical (unpaired) electrons. The van der Waals surface area contributed by atoms with E-state index in [1.165, 1.54) is 0 Å². The first-order valence-electron chi connectivity index (χ1n) is 4.33. The van der Waals surface area contributed by atoms with Crippen LogP contribution in [0.4, 0.5) is 8.78 Å². The number of aromatic nitrogens is 1. The lowest BCUT2D eigenvalue weighted by molar-refractivity contribution is -0.136. The highest BCUT2D eigenvalue weighted by atomic mass is 35.5. The summed E-state index contributed by atoms with van der Waals surface area (Å²) in [6.45, 7) is -0.0498. The van der Waals surface area contributed by atoms with E-state index < -0.39 is 24.4 Å². The normalized spacial score (nSPS) is 10.8. The van der Waals surface area contributed by atoms with Crippen LogP contribution < -0.4 is 5.73 Å². The summed E-state index contributed by atoms with van der Waals surface area (Å²) in [5.74, 6) is -1.18. The van der Waals surface area contributed by atoms with E-state index in [4.69, 9.17) is 22.4 Å². The van der Waals surface area contributed by atoms with Gasteiger partial charge in [0.15, 0.2) is 0 Å². The van der Waals surface area contributed by atoms with Crippen molar-refractivity contribution in [3.63, 3.8) is 0 Å². The number of carboxylic acids is 1. The lowest BCUT2D eigenvalue weighted by atomic mass is 10.1. The van der Waals surface area contributed by atoms with Gasteiger partial charge in [-0.1, -0.05) is 11.6 Å². The van der Waals surface area contributed by atoms with E-state index in [2.05, 4.69) is 4.98 Å². The van der Waals surface area contributed by atoms with Crippen LogP contribution in [0.5, 0.6) is 0 Å². The van der Waals surface area contributed by atoms with Crippen LogP contribution in [0.25, 0.3) is 0 Å². The van der Waals surface area contributed by atoms with Crippen molar-refractivity contribution >= 4 is 17.6 Å². The van der Waals surface area contributed by atoms with E-state index in [9.17, 15) is 13.6 Å². The van der Waals surface area contributed by atoms with Gasteiger partial charge in [-0.25, -0.2) is 8.78 Å². The summed E-state index contributed by atoms with van der Waals surface area (Å²) in [5.41, 5.74) is 5.11. The van der Waals surface area contributed by atoms with Crippen LogP contribution in [0.1, 0.15) is 23.2 Å². The topological polar surface area (TPSA) is 76.2 Å². The second-order valence-electron chi connectivity index (χ2n) is 3.03. The molecule has 16 heavy (non-hydrogen) atoms. The molecule has 1 rings (SSSR count). The second-order valence-corrected chi connectivity index (χ2v) is 3.41. The number of nitrogens with zero attached hydrogens (tertiary/aromatic N) is 1. The predicted molar refractivity (Wildman–Crippen MR) is 53.4 cm³/mol. The van der Waals surface area contributed by atoms with Crippen molar-refractivity contribution in [2.24, 2.45) is 5.73 Å². The summed E-state index contributed by atoms with van der Waals surface area (Å²) >= 11 is 5.69. The molecule has 0 aliphatic heterocycles. The Morgan fingerprint density at radius 1 is 1.62 bits per heavy atom. The Kier molecular flexibility index (Phi) is 4.14. The molecule has 0 unspecified atom stereocenters. The van der Waals surface area contributed by atoms with Crippen molar-refractivity contribution in [1.82, 2.24) is 4.98 Å². The summed E-state index contributed by atoms with van der Waals surface area (Å²) in [4.78, 5) is 14.2. The van der Waals surface area contributed by atoms with Crippen molar-refractivity contribution in [2.45, 2.75) is 19.4 Å². The molecule has 0 aromatic carbocycles. The van der Waals surface area contributed by atoms with E-state index >= 15 is 0 Å². The first-order valence-corrected chi connectivity index (χ1v) is 4.71. The van der Waals surface area contributed by atoms with Gasteiger partial charge in [0.05, 0.1) is 22.7 Å². The van der Waals surface area contributed by atoms with Gasteiger partial charge in [0.25, 0.3) is 6.43 Å². The SMILES string of the molecule is NCc1ncc(C(F)F)c(Cl)c1CC(=O)O. The fourth-order valence-electron chi connectivity index (χ4n) is 1.24. The molecule has 0 aliphatic carbocycles. The van der Waals surface area contributed by atoms with Crippen LogP contribution in [0.3, 0.4) is 0 Å². The third-order valence-corrected chi connectivity index (χ3v) is 2.43. The standard InChI is InChI=1S/C9H9ClF2N2O2/c10-8-4(1-7(15)16)6(2-13)14-3-5(8)9(11)12/h3,9H,1-2,13H2,(H,15,16). The highest BCUT2D eigenvalue weighted by molar-refractivity contribution is 6.32. The second kappa shape index (κ2) is 5.18. The Morgan fingerprint density at radius 2 is 2.25 bits per heavy atom. The number of alkyl halides is 2. The minimum absolute atomic E-state index is 0.0498. The van der Waals surface area contributed by atoms with Crippen molar-refractivity contribution in [1.29, 1.82) is 0 Å². The van der Waals surface area contributed by atoms with Gasteiger partial charge in [0.1, 0.15) is 0 Å². The van der Waals surface area contributed by atoms with Crippen LogP contribution >= 0.6 is 11.6 Å². The van der Waals surface area contributed by atoms with Crippen molar-refractivity contribution in [3.8, 4) is 0 Å². The van der Waals surface area contributed by atoms with Gasteiger partial charge >= 0.3 is 5.97 Å². The van der Waals surface area contributed by atoms with Gasteiger partial charge in [-0.15, -0.1) is 0 Å². The predicted octanol–water partition coefficient (Wildman–Crippen LogP) is 1.76. The summed E-state index contributed by atoms with van der Waals surface area (Å²) in [6, 6.07) is 0. The van der Waals surface area contributed by atoms with Gasteiger partial charge in [0.2, 0.25) is 0 Å². The molecule has 0 fully saturated rings. The molecule has 1 aromatic heterocycles. The molecule has 7 heteroatoms. The highest BCUT2D eigenvalue weighted by Gasteiger charge is 2.19. The number of pyridine rings is 1. The molecule has 1 aromatic rings. The molecule has 1 heterocycles. The average Bonchev–Trinajstić information content (AvgIpc) is 2.19. The van der Waals surface area contributed by atoms with Crippen LogP contribution in [0, 0.1) is 0 Å². The van der Waals surface area contributed by atoms with Crippen LogP contribution in [0.15, 0.2) is 6.20 Å². The first kappa shape index (κ1) is 12.8. The Balaban J connectivity index is 3.28. The van der Waals surface area contributed by atoms with Crippen molar-refractivity contribution < 1.29 is 18.7 Å². The number of halogens is 3. The van der Waals surface area contributed by atoms with E-state index in [1.807, 2.05) is 0 Å². The molecule has 0 saturated heterocycles. The maximum atomic E-state index is 12.5. The fourth-order valence-corrected chi connectivity index (χ4v) is 1.55. The summed E-state index contributed by atoms with van der Waals surface area (Å²) in [7, 11) is 0. The number of carboxylic acid groups (broad SMARTS) is 1. The Hall–Kier alpha value is -1.27. The molecular weight excluding hydrogens is 242 g/mol. The molecule has 0 spiro atoms. The van der Waals surface area contributed by atoms with Gasteiger partial charge in [-0.2, -0.15) is 0 Å². The van der Waals surface area contributed by atoms with E-state index in [0.717, 1.165) is 6.20 Å². The maximum Gasteiger partial charge on any atom is 0.307 e. The van der Waals surface area contributed by atoms with Crippen LogP contribution in [-0.4, -0.2) is 16.1 Å². The Bertz CT molecular complexity index is 413. The fraction of sp³-hybridized carbons (Fsp3) is 0.333. The minimum atomic E-state index is -2.79. The number of nitrogens with two attached hydrogens (primary N) is 1. The number of carbonyl (C=O) groups is 1. The highest BCUT2D eigenvalue weighted by Crippen LogP contribution is 2.30. The van der Waals surface area contributed by atoms with Crippen LogP contribution in [-0.2, 0) is 17.8 Å². The largest absolute Gasteiger partial charge is 0.481 e. The van der Waals surface area contributed by atoms with Gasteiger partial charge in [-0.05, 0) is 0 Å². The lowest BCUT2D eigenvalue weighted by Crippen LogP contribution is -2.11. The van der Waals surface area contributed by atoms with E-state index in [1.54, 1.807) is 0 Å². The summed E-state index contributed by atoms with van der Waals surface area (Å²) in [5, 5.41) is 8.36. The quantitative estimate of drug-likeness (QED) is 0.854. The van der Waals surface area contributed by atoms with E-state index in [-0.39, 0.29) is 22.8 Å². The zero-order chi connectivity index (χ0) is 12.3. The molecule has 4 nitrogen and oxygen atoms in total. The van der Waals surface area contributed by atoms with Gasteiger partial charge in [0, 0.05) is 18.3 Å². The van der Waals surface area contributed by atoms with Crippen LogP contribution in [0.2, 0.25) is 5.02 Å². The summed E-state index contributed by atoms with van der Waals surface area (Å²) < 4.78 is 25.0. The third kappa shape index (κ3) is 2.65. The molecule has 3 N–H and O–H groups in total. The lowest BCUT2D eigenvalue weighted by Gasteiger charge is -2.10. The summed E-state index contributed by atoms with van der Waals surface area (Å²) in [6.07, 6.45) is -2.35. The molecule has 0 amide bonds. The maximum absolute atomic E-state index is 12.5. The monoisotopic (exact) mass is 250 g/mol. The molecule has 0 saturated carbocycles. The Morgan fingerprint density at radius 3 is 2.69 bits per heavy atom. The van der Waals surface area contributed by atoms with Crippen molar-refractivity contribution in [3.05, 3.63) is 28.0 Å². The molecule has 0 atom stereocenters. The minimum Gasteiger partial charge on any atom is -0.481 e. The van der Waals surface area contributed by atoms with Gasteiger partial charge in [-0.3, -0.25) is 9.78 Å². The zero-order valence-electron chi connectivity index (χ0n) is 8.08. The smallest absolute Gasteiger partial charge is 0.307 e. The third-order valence-electron chi connectivity index (χ3n) is 1.98.